The zero-order chi connectivity index (χ0) is 14.5. The van der Waals surface area contributed by atoms with Gasteiger partial charge in [0.05, 0.1) is 11.8 Å². The standard InChI is InChI=1S/C18H28N2O/c1-2-15-6-5-7-16(14-15)21-18-9-4-3-8-17(18)20-12-10-19-11-13-20/h3-4,8-9,15-16,19H,2,5-7,10-14H2,1H3. The lowest BCUT2D eigenvalue weighted by atomic mass is 9.85. The van der Waals surface area contributed by atoms with Crippen LogP contribution < -0.4 is 15.0 Å². The fourth-order valence-corrected chi connectivity index (χ4v) is 3.62. The molecule has 21 heavy (non-hydrogen) atoms. The maximum atomic E-state index is 6.41. The van der Waals surface area contributed by atoms with Crippen LogP contribution in [0.3, 0.4) is 0 Å². The number of hydrogen-bond acceptors (Lipinski definition) is 3. The average molecular weight is 288 g/mol. The number of piperazine rings is 1. The highest BCUT2D eigenvalue weighted by atomic mass is 16.5. The van der Waals surface area contributed by atoms with Gasteiger partial charge in [-0.1, -0.05) is 31.9 Å². The molecule has 3 rings (SSSR count). The number of ether oxygens (including phenoxy) is 1. The predicted molar refractivity (Wildman–Crippen MR) is 88.2 cm³/mol. The van der Waals surface area contributed by atoms with Crippen LogP contribution in [0.25, 0.3) is 0 Å². The predicted octanol–water partition coefficient (Wildman–Crippen LogP) is 3.44. The first kappa shape index (κ1) is 14.7. The molecule has 2 aliphatic rings. The molecule has 1 heterocycles. The van der Waals surface area contributed by atoms with Gasteiger partial charge in [0.2, 0.25) is 0 Å². The summed E-state index contributed by atoms with van der Waals surface area (Å²) in [5.74, 6) is 1.94. The lowest BCUT2D eigenvalue weighted by molar-refractivity contribution is 0.122. The summed E-state index contributed by atoms with van der Waals surface area (Å²) in [6, 6.07) is 8.58. The highest BCUT2D eigenvalue weighted by Crippen LogP contribution is 2.34. The third-order valence-electron chi connectivity index (χ3n) is 4.93. The fourth-order valence-electron chi connectivity index (χ4n) is 3.62. The maximum Gasteiger partial charge on any atom is 0.143 e. The minimum Gasteiger partial charge on any atom is -0.488 e. The van der Waals surface area contributed by atoms with E-state index in [1.165, 1.54) is 37.8 Å². The molecular formula is C18H28N2O. The molecule has 116 valence electrons. The molecule has 1 saturated carbocycles. The zero-order valence-corrected chi connectivity index (χ0v) is 13.2. The van der Waals surface area contributed by atoms with E-state index in [0.29, 0.717) is 6.10 Å². The fraction of sp³-hybridized carbons (Fsp3) is 0.667. The van der Waals surface area contributed by atoms with Crippen molar-refractivity contribution in [3.05, 3.63) is 24.3 Å². The first-order valence-corrected chi connectivity index (χ1v) is 8.58. The zero-order valence-electron chi connectivity index (χ0n) is 13.2. The SMILES string of the molecule is CCC1CCCC(Oc2ccccc2N2CCNCC2)C1. The van der Waals surface area contributed by atoms with Crippen molar-refractivity contribution < 1.29 is 4.74 Å². The molecule has 0 spiro atoms. The minimum atomic E-state index is 0.410. The summed E-state index contributed by atoms with van der Waals surface area (Å²) in [6.07, 6.45) is 6.85. The Morgan fingerprint density at radius 3 is 2.81 bits per heavy atom. The van der Waals surface area contributed by atoms with Crippen LogP contribution in [0.15, 0.2) is 24.3 Å². The van der Waals surface area contributed by atoms with Gasteiger partial charge in [-0.3, -0.25) is 0 Å². The molecule has 1 aromatic carbocycles. The van der Waals surface area contributed by atoms with Crippen LogP contribution in [0.2, 0.25) is 0 Å². The lowest BCUT2D eigenvalue weighted by Gasteiger charge is -2.33. The van der Waals surface area contributed by atoms with Gasteiger partial charge >= 0.3 is 0 Å². The molecule has 1 aliphatic carbocycles. The van der Waals surface area contributed by atoms with Gasteiger partial charge in [-0.25, -0.2) is 0 Å². The van der Waals surface area contributed by atoms with E-state index in [0.717, 1.165) is 37.8 Å². The van der Waals surface area contributed by atoms with Gasteiger partial charge in [0.15, 0.2) is 0 Å². The number of para-hydroxylation sites is 2. The average Bonchev–Trinajstić information content (AvgIpc) is 2.56. The Labute approximate surface area is 128 Å². The third-order valence-corrected chi connectivity index (χ3v) is 4.93. The smallest absolute Gasteiger partial charge is 0.143 e. The van der Waals surface area contributed by atoms with Crippen LogP contribution >= 0.6 is 0 Å². The number of anilines is 1. The topological polar surface area (TPSA) is 24.5 Å². The van der Waals surface area contributed by atoms with E-state index in [1.54, 1.807) is 0 Å². The van der Waals surface area contributed by atoms with E-state index in [2.05, 4.69) is 41.4 Å². The van der Waals surface area contributed by atoms with Crippen LogP contribution in [-0.4, -0.2) is 32.3 Å². The summed E-state index contributed by atoms with van der Waals surface area (Å²) in [5.41, 5.74) is 1.28. The van der Waals surface area contributed by atoms with Crippen LogP contribution in [0.4, 0.5) is 5.69 Å². The molecule has 0 radical (unpaired) electrons. The Morgan fingerprint density at radius 2 is 2.00 bits per heavy atom. The minimum absolute atomic E-state index is 0.410. The van der Waals surface area contributed by atoms with E-state index >= 15 is 0 Å². The molecule has 2 fully saturated rings. The summed E-state index contributed by atoms with van der Waals surface area (Å²) >= 11 is 0. The molecule has 1 saturated heterocycles. The molecular weight excluding hydrogens is 260 g/mol. The van der Waals surface area contributed by atoms with Crippen LogP contribution in [0, 0.1) is 5.92 Å². The number of nitrogens with zero attached hydrogens (tertiary/aromatic N) is 1. The number of benzene rings is 1. The van der Waals surface area contributed by atoms with Crippen molar-refractivity contribution in [1.82, 2.24) is 5.32 Å². The summed E-state index contributed by atoms with van der Waals surface area (Å²) < 4.78 is 6.41. The summed E-state index contributed by atoms with van der Waals surface area (Å²) in [4.78, 5) is 2.45. The quantitative estimate of drug-likeness (QED) is 0.918. The molecule has 3 heteroatoms. The van der Waals surface area contributed by atoms with Gasteiger partial charge in [-0.2, -0.15) is 0 Å². The molecule has 0 aromatic heterocycles. The van der Waals surface area contributed by atoms with Crippen molar-refractivity contribution in [2.75, 3.05) is 31.1 Å². The molecule has 1 N–H and O–H groups in total. The lowest BCUT2D eigenvalue weighted by Crippen LogP contribution is -2.43. The van der Waals surface area contributed by atoms with Crippen LogP contribution in [0.1, 0.15) is 39.0 Å². The number of hydrogen-bond donors (Lipinski definition) is 1. The van der Waals surface area contributed by atoms with Crippen molar-refractivity contribution in [1.29, 1.82) is 0 Å². The molecule has 0 bridgehead atoms. The van der Waals surface area contributed by atoms with Gasteiger partial charge in [0, 0.05) is 26.2 Å². The molecule has 2 atom stereocenters. The highest BCUT2D eigenvalue weighted by Gasteiger charge is 2.23. The van der Waals surface area contributed by atoms with Crippen molar-refractivity contribution in [3.63, 3.8) is 0 Å². The molecule has 1 aliphatic heterocycles. The summed E-state index contributed by atoms with van der Waals surface area (Å²) in [6.45, 7) is 6.58. The van der Waals surface area contributed by atoms with Crippen molar-refractivity contribution >= 4 is 5.69 Å². The first-order valence-electron chi connectivity index (χ1n) is 8.58. The van der Waals surface area contributed by atoms with E-state index in [-0.39, 0.29) is 0 Å². The largest absolute Gasteiger partial charge is 0.488 e. The molecule has 2 unspecified atom stereocenters. The second kappa shape index (κ2) is 7.17. The van der Waals surface area contributed by atoms with Gasteiger partial charge in [0.1, 0.15) is 5.75 Å². The van der Waals surface area contributed by atoms with Crippen molar-refractivity contribution in [3.8, 4) is 5.75 Å². The maximum absolute atomic E-state index is 6.41. The Bertz CT molecular complexity index is 443. The first-order chi connectivity index (χ1) is 10.4. The Hall–Kier alpha value is -1.22. The van der Waals surface area contributed by atoms with E-state index < -0.39 is 0 Å². The Kier molecular flexibility index (Phi) is 5.02. The van der Waals surface area contributed by atoms with Crippen molar-refractivity contribution in [2.24, 2.45) is 5.92 Å². The number of rotatable bonds is 4. The number of nitrogens with one attached hydrogen (secondary N) is 1. The van der Waals surface area contributed by atoms with Crippen LogP contribution in [-0.2, 0) is 0 Å². The highest BCUT2D eigenvalue weighted by molar-refractivity contribution is 5.58. The second-order valence-electron chi connectivity index (χ2n) is 6.39. The van der Waals surface area contributed by atoms with E-state index in [1.807, 2.05) is 0 Å². The van der Waals surface area contributed by atoms with Crippen LogP contribution in [0.5, 0.6) is 5.75 Å². The molecule has 0 amide bonds. The normalized spacial score (nSPS) is 26.6. The van der Waals surface area contributed by atoms with Gasteiger partial charge in [-0.15, -0.1) is 0 Å². The third kappa shape index (κ3) is 3.70. The summed E-state index contributed by atoms with van der Waals surface area (Å²) in [5, 5.41) is 3.42. The van der Waals surface area contributed by atoms with Gasteiger partial charge < -0.3 is 15.0 Å². The Morgan fingerprint density at radius 1 is 1.19 bits per heavy atom. The van der Waals surface area contributed by atoms with Gasteiger partial charge in [0.25, 0.3) is 0 Å². The van der Waals surface area contributed by atoms with E-state index in [9.17, 15) is 0 Å². The monoisotopic (exact) mass is 288 g/mol. The van der Waals surface area contributed by atoms with E-state index in [4.69, 9.17) is 4.74 Å². The second-order valence-corrected chi connectivity index (χ2v) is 6.39. The van der Waals surface area contributed by atoms with Crippen molar-refractivity contribution in [2.45, 2.75) is 45.1 Å². The van der Waals surface area contributed by atoms with Gasteiger partial charge in [-0.05, 0) is 37.3 Å². The molecule has 1 aromatic rings. The molecule has 3 nitrogen and oxygen atoms in total. The summed E-state index contributed by atoms with van der Waals surface area (Å²) in [7, 11) is 0. The Balaban J connectivity index is 1.69.